The van der Waals surface area contributed by atoms with E-state index in [4.69, 9.17) is 13.8 Å². The van der Waals surface area contributed by atoms with E-state index in [9.17, 15) is 0 Å². The molecule has 6 aromatic rings. The van der Waals surface area contributed by atoms with E-state index in [0.717, 1.165) is 50.3 Å². The van der Waals surface area contributed by atoms with Crippen LogP contribution >= 0.6 is 0 Å². The second-order valence-corrected chi connectivity index (χ2v) is 9.73. The maximum Gasteiger partial charge on any atom is 0.173 e. The zero-order chi connectivity index (χ0) is 22.7. The van der Waals surface area contributed by atoms with Crippen LogP contribution in [0.5, 0.6) is 0 Å². The van der Waals surface area contributed by atoms with Crippen LogP contribution in [0.3, 0.4) is 0 Å². The summed E-state index contributed by atoms with van der Waals surface area (Å²) in [6.45, 7) is 8.85. The van der Waals surface area contributed by atoms with Crippen LogP contribution in [-0.4, -0.2) is 4.98 Å². The van der Waals surface area contributed by atoms with Gasteiger partial charge >= 0.3 is 0 Å². The first-order chi connectivity index (χ1) is 15.9. The molecule has 0 bridgehead atoms. The van der Waals surface area contributed by atoms with E-state index in [1.165, 1.54) is 16.3 Å². The molecule has 0 radical (unpaired) electrons. The quantitative estimate of drug-likeness (QED) is 0.275. The standard InChI is InChI=1S/C30H25NO2/c1-18-21-10-7-8-12-25(21)33-29(18)27-17-23-26(32-27)13-14-31-28(23)20-15-19-9-5-6-11-22(19)24(16-20)30(2,3)4/h5-17H,1-4H3. The minimum atomic E-state index is 0.0104. The van der Waals surface area contributed by atoms with Crippen LogP contribution in [0.1, 0.15) is 31.9 Å². The topological polar surface area (TPSA) is 39.2 Å². The van der Waals surface area contributed by atoms with Gasteiger partial charge in [-0.3, -0.25) is 4.98 Å². The van der Waals surface area contributed by atoms with Crippen molar-refractivity contribution in [2.24, 2.45) is 0 Å². The van der Waals surface area contributed by atoms with Gasteiger partial charge in [-0.1, -0.05) is 63.2 Å². The summed E-state index contributed by atoms with van der Waals surface area (Å²) in [6.07, 6.45) is 1.82. The first-order valence-corrected chi connectivity index (χ1v) is 11.3. The number of furan rings is 2. The van der Waals surface area contributed by atoms with Crippen molar-refractivity contribution in [1.29, 1.82) is 0 Å². The van der Waals surface area contributed by atoms with Crippen molar-refractivity contribution < 1.29 is 8.83 Å². The van der Waals surface area contributed by atoms with E-state index in [1.807, 2.05) is 30.5 Å². The van der Waals surface area contributed by atoms with Gasteiger partial charge in [-0.2, -0.15) is 0 Å². The molecule has 3 heterocycles. The molecule has 0 aliphatic rings. The molecule has 0 atom stereocenters. The Morgan fingerprint density at radius 2 is 1.45 bits per heavy atom. The fourth-order valence-corrected chi connectivity index (χ4v) is 4.78. The summed E-state index contributed by atoms with van der Waals surface area (Å²) in [4.78, 5) is 4.79. The lowest BCUT2D eigenvalue weighted by molar-refractivity contribution is 0.567. The van der Waals surface area contributed by atoms with Crippen molar-refractivity contribution >= 4 is 32.7 Å². The van der Waals surface area contributed by atoms with Gasteiger partial charge in [-0.15, -0.1) is 0 Å². The molecule has 0 aliphatic carbocycles. The summed E-state index contributed by atoms with van der Waals surface area (Å²) in [7, 11) is 0. The van der Waals surface area contributed by atoms with Gasteiger partial charge < -0.3 is 8.83 Å². The molecular weight excluding hydrogens is 406 g/mol. The van der Waals surface area contributed by atoms with E-state index >= 15 is 0 Å². The Morgan fingerprint density at radius 1 is 0.727 bits per heavy atom. The second-order valence-electron chi connectivity index (χ2n) is 9.73. The Labute approximate surface area is 192 Å². The Kier molecular flexibility index (Phi) is 4.25. The summed E-state index contributed by atoms with van der Waals surface area (Å²) < 4.78 is 12.4. The lowest BCUT2D eigenvalue weighted by Gasteiger charge is -2.22. The van der Waals surface area contributed by atoms with Gasteiger partial charge in [-0.05, 0) is 59.0 Å². The van der Waals surface area contributed by atoms with Gasteiger partial charge in [0.1, 0.15) is 11.2 Å². The Morgan fingerprint density at radius 3 is 2.24 bits per heavy atom. The van der Waals surface area contributed by atoms with E-state index in [1.54, 1.807) is 0 Å². The number of para-hydroxylation sites is 1. The largest absolute Gasteiger partial charge is 0.453 e. The number of aromatic nitrogens is 1. The molecule has 0 N–H and O–H groups in total. The van der Waals surface area contributed by atoms with Gasteiger partial charge in [0.2, 0.25) is 0 Å². The summed E-state index contributed by atoms with van der Waals surface area (Å²) in [5.41, 5.74) is 6.10. The lowest BCUT2D eigenvalue weighted by Crippen LogP contribution is -2.12. The fourth-order valence-electron chi connectivity index (χ4n) is 4.78. The Hall–Kier alpha value is -3.85. The normalized spacial score (nSPS) is 12.2. The van der Waals surface area contributed by atoms with Crippen LogP contribution in [-0.2, 0) is 5.41 Å². The van der Waals surface area contributed by atoms with Crippen LogP contribution in [0.2, 0.25) is 0 Å². The SMILES string of the molecule is Cc1c(-c2cc3c(-c4cc(C(C)(C)C)c5ccccc5c4)nccc3o2)oc2ccccc12. The van der Waals surface area contributed by atoms with Crippen LogP contribution in [0, 0.1) is 6.92 Å². The smallest absolute Gasteiger partial charge is 0.173 e. The molecule has 0 aliphatic heterocycles. The molecule has 6 rings (SSSR count). The molecule has 0 saturated carbocycles. The van der Waals surface area contributed by atoms with Gasteiger partial charge in [0.25, 0.3) is 0 Å². The molecule has 0 amide bonds. The number of hydrogen-bond donors (Lipinski definition) is 0. The number of hydrogen-bond acceptors (Lipinski definition) is 3. The first kappa shape index (κ1) is 19.8. The monoisotopic (exact) mass is 431 g/mol. The van der Waals surface area contributed by atoms with Gasteiger partial charge in [0, 0.05) is 28.1 Å². The maximum absolute atomic E-state index is 6.28. The summed E-state index contributed by atoms with van der Waals surface area (Å²) in [5, 5.41) is 4.60. The van der Waals surface area contributed by atoms with Crippen molar-refractivity contribution in [3.8, 4) is 22.8 Å². The summed E-state index contributed by atoms with van der Waals surface area (Å²) >= 11 is 0. The summed E-state index contributed by atoms with van der Waals surface area (Å²) in [5.74, 6) is 1.50. The third kappa shape index (κ3) is 3.15. The van der Waals surface area contributed by atoms with Crippen molar-refractivity contribution in [3.63, 3.8) is 0 Å². The number of fused-ring (bicyclic) bond motifs is 3. The zero-order valence-corrected chi connectivity index (χ0v) is 19.3. The molecule has 3 aromatic heterocycles. The number of nitrogens with zero attached hydrogens (tertiary/aromatic N) is 1. The molecule has 33 heavy (non-hydrogen) atoms. The van der Waals surface area contributed by atoms with E-state index in [-0.39, 0.29) is 5.41 Å². The lowest BCUT2D eigenvalue weighted by atomic mass is 9.82. The van der Waals surface area contributed by atoms with Crippen molar-refractivity contribution in [2.75, 3.05) is 0 Å². The van der Waals surface area contributed by atoms with Crippen LogP contribution in [0.4, 0.5) is 0 Å². The minimum Gasteiger partial charge on any atom is -0.453 e. The van der Waals surface area contributed by atoms with Crippen LogP contribution in [0.15, 0.2) is 87.8 Å². The van der Waals surface area contributed by atoms with Crippen LogP contribution in [0.25, 0.3) is 55.5 Å². The Balaban J connectivity index is 1.58. The van der Waals surface area contributed by atoms with E-state index in [0.29, 0.717) is 0 Å². The predicted molar refractivity (Wildman–Crippen MR) is 136 cm³/mol. The molecular formula is C30H25NO2. The highest BCUT2D eigenvalue weighted by Gasteiger charge is 2.21. The third-order valence-corrected chi connectivity index (χ3v) is 6.46. The molecule has 3 heteroatoms. The predicted octanol–water partition coefficient (Wildman–Crippen LogP) is 8.67. The fraction of sp³-hybridized carbons (Fsp3) is 0.167. The average Bonchev–Trinajstić information content (AvgIpc) is 3.39. The number of rotatable bonds is 2. The number of pyridine rings is 1. The molecule has 3 aromatic carbocycles. The molecule has 0 saturated heterocycles. The molecule has 0 fully saturated rings. The number of aryl methyl sites for hydroxylation is 1. The van der Waals surface area contributed by atoms with Gasteiger partial charge in [0.05, 0.1) is 5.69 Å². The third-order valence-electron chi connectivity index (χ3n) is 6.46. The summed E-state index contributed by atoms with van der Waals surface area (Å²) in [6, 6.07) is 25.2. The van der Waals surface area contributed by atoms with E-state index < -0.39 is 0 Å². The second kappa shape index (κ2) is 7.08. The van der Waals surface area contributed by atoms with Crippen LogP contribution < -0.4 is 0 Å². The zero-order valence-electron chi connectivity index (χ0n) is 19.3. The highest BCUT2D eigenvalue weighted by Crippen LogP contribution is 2.40. The maximum atomic E-state index is 6.28. The molecule has 3 nitrogen and oxygen atoms in total. The van der Waals surface area contributed by atoms with Crippen molar-refractivity contribution in [3.05, 3.63) is 90.1 Å². The van der Waals surface area contributed by atoms with Gasteiger partial charge in [0.15, 0.2) is 11.5 Å². The molecule has 162 valence electrons. The molecule has 0 unspecified atom stereocenters. The van der Waals surface area contributed by atoms with Crippen molar-refractivity contribution in [1.82, 2.24) is 4.98 Å². The average molecular weight is 432 g/mol. The van der Waals surface area contributed by atoms with Crippen molar-refractivity contribution in [2.45, 2.75) is 33.1 Å². The van der Waals surface area contributed by atoms with Gasteiger partial charge in [-0.25, -0.2) is 0 Å². The highest BCUT2D eigenvalue weighted by molar-refractivity contribution is 5.99. The number of benzene rings is 3. The highest BCUT2D eigenvalue weighted by atomic mass is 16.4. The Bertz CT molecular complexity index is 1660. The minimum absolute atomic E-state index is 0.0104. The van der Waals surface area contributed by atoms with E-state index in [2.05, 4.69) is 76.2 Å². The first-order valence-electron chi connectivity index (χ1n) is 11.3. The molecule has 0 spiro atoms.